The van der Waals surface area contributed by atoms with Crippen molar-refractivity contribution >= 4 is 29.1 Å². The van der Waals surface area contributed by atoms with E-state index in [2.05, 4.69) is 0 Å². The molecule has 0 aliphatic carbocycles. The summed E-state index contributed by atoms with van der Waals surface area (Å²) in [4.78, 5) is 13.9. The molecular formula is C15H19Cl2NO. The van der Waals surface area contributed by atoms with Gasteiger partial charge in [-0.15, -0.1) is 11.6 Å². The molecule has 0 radical (unpaired) electrons. The molecule has 1 atom stereocenters. The largest absolute Gasteiger partial charge is 0.332 e. The zero-order chi connectivity index (χ0) is 14.4. The van der Waals surface area contributed by atoms with E-state index in [9.17, 15) is 4.79 Å². The Morgan fingerprint density at radius 2 is 1.84 bits per heavy atom. The predicted octanol–water partition coefficient (Wildman–Crippen LogP) is 4.26. The summed E-state index contributed by atoms with van der Waals surface area (Å²) < 4.78 is 0. The number of hydrogen-bond donors (Lipinski definition) is 0. The molecular weight excluding hydrogens is 281 g/mol. The SMILES string of the molecule is CC(Cl)/C=C/C(=O)N(Cc1ccc(Cl)cc1)C(C)C. The number of rotatable bonds is 5. The number of allylic oxidation sites excluding steroid dienone is 1. The van der Waals surface area contributed by atoms with Gasteiger partial charge in [-0.25, -0.2) is 0 Å². The highest BCUT2D eigenvalue weighted by Gasteiger charge is 2.14. The van der Waals surface area contributed by atoms with Gasteiger partial charge in [-0.1, -0.05) is 29.8 Å². The summed E-state index contributed by atoms with van der Waals surface area (Å²) in [6, 6.07) is 7.64. The Morgan fingerprint density at radius 3 is 2.32 bits per heavy atom. The molecule has 0 bridgehead atoms. The molecule has 0 saturated carbocycles. The summed E-state index contributed by atoms with van der Waals surface area (Å²) in [5.74, 6) is -0.0301. The van der Waals surface area contributed by atoms with Gasteiger partial charge in [-0.05, 0) is 38.5 Å². The van der Waals surface area contributed by atoms with Crippen LogP contribution in [-0.2, 0) is 11.3 Å². The van der Waals surface area contributed by atoms with Crippen molar-refractivity contribution in [3.8, 4) is 0 Å². The highest BCUT2D eigenvalue weighted by molar-refractivity contribution is 6.30. The minimum Gasteiger partial charge on any atom is -0.332 e. The molecule has 1 aromatic rings. The maximum atomic E-state index is 12.1. The summed E-state index contributed by atoms with van der Waals surface area (Å²) in [5.41, 5.74) is 1.05. The first-order chi connectivity index (χ1) is 8.90. The van der Waals surface area contributed by atoms with Crippen LogP contribution >= 0.6 is 23.2 Å². The molecule has 19 heavy (non-hydrogen) atoms. The Kier molecular flexibility index (Phi) is 6.40. The first-order valence-electron chi connectivity index (χ1n) is 6.27. The fourth-order valence-corrected chi connectivity index (χ4v) is 1.81. The second kappa shape index (κ2) is 7.56. The number of amides is 1. The van der Waals surface area contributed by atoms with Crippen LogP contribution in [0.2, 0.25) is 5.02 Å². The maximum absolute atomic E-state index is 12.1. The summed E-state index contributed by atoms with van der Waals surface area (Å²) in [6.45, 7) is 6.37. The van der Waals surface area contributed by atoms with Crippen LogP contribution < -0.4 is 0 Å². The minimum absolute atomic E-state index is 0.0301. The van der Waals surface area contributed by atoms with Gasteiger partial charge >= 0.3 is 0 Å². The molecule has 0 aromatic heterocycles. The lowest BCUT2D eigenvalue weighted by Crippen LogP contribution is -2.35. The monoisotopic (exact) mass is 299 g/mol. The van der Waals surface area contributed by atoms with Crippen molar-refractivity contribution < 1.29 is 4.79 Å². The second-order valence-corrected chi connectivity index (χ2v) is 5.85. The highest BCUT2D eigenvalue weighted by atomic mass is 35.5. The van der Waals surface area contributed by atoms with E-state index in [1.165, 1.54) is 6.08 Å². The Labute approximate surface area is 125 Å². The summed E-state index contributed by atoms with van der Waals surface area (Å²) in [7, 11) is 0. The number of carbonyl (C=O) groups excluding carboxylic acids is 1. The first kappa shape index (κ1) is 16.1. The topological polar surface area (TPSA) is 20.3 Å². The van der Waals surface area contributed by atoms with E-state index in [-0.39, 0.29) is 17.3 Å². The number of halogens is 2. The molecule has 0 fully saturated rings. The minimum atomic E-state index is -0.145. The molecule has 1 unspecified atom stereocenters. The zero-order valence-electron chi connectivity index (χ0n) is 11.4. The lowest BCUT2D eigenvalue weighted by molar-refractivity contribution is -0.128. The molecule has 1 amide bonds. The highest BCUT2D eigenvalue weighted by Crippen LogP contribution is 2.13. The molecule has 0 aliphatic heterocycles. The van der Waals surface area contributed by atoms with Crippen molar-refractivity contribution in [1.82, 2.24) is 4.90 Å². The molecule has 4 heteroatoms. The molecule has 0 aliphatic rings. The maximum Gasteiger partial charge on any atom is 0.246 e. The van der Waals surface area contributed by atoms with Crippen LogP contribution in [0.3, 0.4) is 0 Å². The Hall–Kier alpha value is -0.990. The van der Waals surface area contributed by atoms with Crippen LogP contribution in [0, 0.1) is 0 Å². The van der Waals surface area contributed by atoms with Crippen LogP contribution in [-0.4, -0.2) is 22.2 Å². The van der Waals surface area contributed by atoms with Crippen molar-refractivity contribution in [3.05, 3.63) is 47.0 Å². The van der Waals surface area contributed by atoms with E-state index < -0.39 is 0 Å². The molecule has 0 N–H and O–H groups in total. The average Bonchev–Trinajstić information content (AvgIpc) is 2.34. The van der Waals surface area contributed by atoms with Gasteiger partial charge in [0.25, 0.3) is 0 Å². The summed E-state index contributed by atoms with van der Waals surface area (Å²) >= 11 is 11.7. The Morgan fingerprint density at radius 1 is 1.26 bits per heavy atom. The van der Waals surface area contributed by atoms with Gasteiger partial charge in [-0.3, -0.25) is 4.79 Å². The van der Waals surface area contributed by atoms with Crippen LogP contribution in [0.5, 0.6) is 0 Å². The Bertz CT molecular complexity index is 438. The van der Waals surface area contributed by atoms with E-state index in [1.54, 1.807) is 11.0 Å². The first-order valence-corrected chi connectivity index (χ1v) is 7.09. The van der Waals surface area contributed by atoms with Crippen molar-refractivity contribution in [1.29, 1.82) is 0 Å². The van der Waals surface area contributed by atoms with Crippen molar-refractivity contribution in [2.45, 2.75) is 38.7 Å². The normalized spacial score (nSPS) is 12.9. The van der Waals surface area contributed by atoms with E-state index in [4.69, 9.17) is 23.2 Å². The lowest BCUT2D eigenvalue weighted by atomic mass is 10.2. The van der Waals surface area contributed by atoms with Crippen LogP contribution in [0.25, 0.3) is 0 Å². The summed E-state index contributed by atoms with van der Waals surface area (Å²) in [5, 5.41) is 0.551. The van der Waals surface area contributed by atoms with Crippen molar-refractivity contribution in [2.75, 3.05) is 0 Å². The van der Waals surface area contributed by atoms with E-state index in [1.807, 2.05) is 45.0 Å². The fourth-order valence-electron chi connectivity index (χ4n) is 1.61. The second-order valence-electron chi connectivity index (χ2n) is 4.72. The smallest absolute Gasteiger partial charge is 0.246 e. The van der Waals surface area contributed by atoms with Gasteiger partial charge in [0.1, 0.15) is 0 Å². The number of hydrogen-bond acceptors (Lipinski definition) is 1. The third-order valence-electron chi connectivity index (χ3n) is 2.68. The van der Waals surface area contributed by atoms with Crippen LogP contribution in [0.4, 0.5) is 0 Å². The molecule has 0 saturated heterocycles. The molecule has 1 rings (SSSR count). The molecule has 2 nitrogen and oxygen atoms in total. The van der Waals surface area contributed by atoms with Gasteiger partial charge < -0.3 is 4.90 Å². The van der Waals surface area contributed by atoms with E-state index >= 15 is 0 Å². The third kappa shape index (κ3) is 5.66. The zero-order valence-corrected chi connectivity index (χ0v) is 12.9. The van der Waals surface area contributed by atoms with Gasteiger partial charge in [0, 0.05) is 29.1 Å². The number of benzene rings is 1. The Balaban J connectivity index is 2.78. The number of alkyl halides is 1. The quantitative estimate of drug-likeness (QED) is 0.587. The predicted molar refractivity (Wildman–Crippen MR) is 81.6 cm³/mol. The lowest BCUT2D eigenvalue weighted by Gasteiger charge is -2.25. The van der Waals surface area contributed by atoms with Crippen LogP contribution in [0.15, 0.2) is 36.4 Å². The van der Waals surface area contributed by atoms with Crippen molar-refractivity contribution in [3.63, 3.8) is 0 Å². The molecule has 0 heterocycles. The third-order valence-corrected chi connectivity index (χ3v) is 3.07. The van der Waals surface area contributed by atoms with E-state index in [0.29, 0.717) is 11.6 Å². The van der Waals surface area contributed by atoms with Gasteiger partial charge in [0.05, 0.1) is 0 Å². The van der Waals surface area contributed by atoms with E-state index in [0.717, 1.165) is 5.56 Å². The van der Waals surface area contributed by atoms with Crippen molar-refractivity contribution in [2.24, 2.45) is 0 Å². The van der Waals surface area contributed by atoms with Gasteiger partial charge in [0.15, 0.2) is 0 Å². The molecule has 1 aromatic carbocycles. The number of carbonyl (C=O) groups is 1. The number of nitrogens with zero attached hydrogens (tertiary/aromatic N) is 1. The standard InChI is InChI=1S/C15H19Cl2NO/c1-11(2)18(15(19)9-4-12(3)16)10-13-5-7-14(17)8-6-13/h4-9,11-12H,10H2,1-3H3/b9-4+. The average molecular weight is 300 g/mol. The molecule has 104 valence electrons. The molecule has 0 spiro atoms. The van der Waals surface area contributed by atoms with Crippen LogP contribution in [0.1, 0.15) is 26.3 Å². The van der Waals surface area contributed by atoms with Gasteiger partial charge in [0.2, 0.25) is 5.91 Å². The van der Waals surface area contributed by atoms with Gasteiger partial charge in [-0.2, -0.15) is 0 Å². The fraction of sp³-hybridized carbons (Fsp3) is 0.400. The summed E-state index contributed by atoms with van der Waals surface area (Å²) in [6.07, 6.45) is 3.23.